The summed E-state index contributed by atoms with van der Waals surface area (Å²) in [6, 6.07) is 0. The first-order chi connectivity index (χ1) is 6.77. The van der Waals surface area contributed by atoms with E-state index >= 15 is 0 Å². The second-order valence-electron chi connectivity index (χ2n) is 4.59. The fourth-order valence-electron chi connectivity index (χ4n) is 2.57. The van der Waals surface area contributed by atoms with Gasteiger partial charge in [0.25, 0.3) is 0 Å². The lowest BCUT2D eigenvalue weighted by Crippen LogP contribution is -2.33. The zero-order valence-electron chi connectivity index (χ0n) is 9.63. The lowest BCUT2D eigenvalue weighted by Gasteiger charge is -2.33. The number of nitrogens with zero attached hydrogens (tertiary/aromatic N) is 1. The smallest absolute Gasteiger partial charge is 0.00190 e. The molecule has 0 amide bonds. The number of likely N-dealkylation sites (tertiary alicyclic amines) is 1. The van der Waals surface area contributed by atoms with Crippen molar-refractivity contribution in [2.45, 2.75) is 39.0 Å². The van der Waals surface area contributed by atoms with Crippen molar-refractivity contribution in [1.82, 2.24) is 4.90 Å². The molecule has 0 aliphatic carbocycles. The van der Waals surface area contributed by atoms with Crippen LogP contribution in [0.2, 0.25) is 0 Å². The number of nitrogens with one attached hydrogen (secondary N) is 1. The molecule has 1 unspecified atom stereocenters. The molecule has 1 saturated heterocycles. The topological polar surface area (TPSA) is 27.1 Å². The average Bonchev–Trinajstić information content (AvgIpc) is 2.21. The van der Waals surface area contributed by atoms with Crippen molar-refractivity contribution in [3.63, 3.8) is 0 Å². The zero-order chi connectivity index (χ0) is 10.4. The largest absolute Gasteiger partial charge is 0.313 e. The molecule has 14 heavy (non-hydrogen) atoms. The summed E-state index contributed by atoms with van der Waals surface area (Å²) in [7, 11) is 2.22. The highest BCUT2D eigenvalue weighted by atomic mass is 15.1. The van der Waals surface area contributed by atoms with E-state index in [0.29, 0.717) is 0 Å². The van der Waals surface area contributed by atoms with Gasteiger partial charge in [0.2, 0.25) is 0 Å². The number of rotatable bonds is 5. The summed E-state index contributed by atoms with van der Waals surface area (Å²) in [6.45, 7) is 4.84. The van der Waals surface area contributed by atoms with Gasteiger partial charge in [-0.1, -0.05) is 13.3 Å². The second-order valence-corrected chi connectivity index (χ2v) is 4.59. The summed E-state index contributed by atoms with van der Waals surface area (Å²) < 4.78 is 0. The Hall–Kier alpha value is -0.370. The van der Waals surface area contributed by atoms with Gasteiger partial charge in [0.1, 0.15) is 0 Å². The van der Waals surface area contributed by atoms with Gasteiger partial charge in [-0.05, 0) is 63.9 Å². The SMILES string of the molecule is CCC(CCC=N)C1CCN(C)CC1. The highest BCUT2D eigenvalue weighted by molar-refractivity contribution is 5.52. The molecule has 1 aliphatic rings. The minimum Gasteiger partial charge on any atom is -0.313 e. The van der Waals surface area contributed by atoms with Gasteiger partial charge < -0.3 is 10.3 Å². The van der Waals surface area contributed by atoms with E-state index in [2.05, 4.69) is 18.9 Å². The molecule has 0 aromatic carbocycles. The molecule has 1 N–H and O–H groups in total. The van der Waals surface area contributed by atoms with Crippen molar-refractivity contribution in [2.24, 2.45) is 11.8 Å². The first kappa shape index (κ1) is 11.7. The minimum atomic E-state index is 0.866. The number of hydrogen-bond acceptors (Lipinski definition) is 2. The minimum absolute atomic E-state index is 0.866. The van der Waals surface area contributed by atoms with Gasteiger partial charge in [-0.15, -0.1) is 0 Å². The lowest BCUT2D eigenvalue weighted by molar-refractivity contribution is 0.163. The Bertz CT molecular complexity index is 160. The fraction of sp³-hybridized carbons (Fsp3) is 0.917. The Labute approximate surface area is 88.2 Å². The highest BCUT2D eigenvalue weighted by Crippen LogP contribution is 2.29. The Morgan fingerprint density at radius 1 is 1.43 bits per heavy atom. The zero-order valence-corrected chi connectivity index (χ0v) is 9.63. The first-order valence-electron chi connectivity index (χ1n) is 5.95. The summed E-state index contributed by atoms with van der Waals surface area (Å²) in [5.41, 5.74) is 0. The van der Waals surface area contributed by atoms with Crippen LogP contribution < -0.4 is 0 Å². The van der Waals surface area contributed by atoms with E-state index in [1.807, 2.05) is 0 Å². The number of piperidine rings is 1. The third-order valence-electron chi connectivity index (χ3n) is 3.64. The van der Waals surface area contributed by atoms with Gasteiger partial charge in [-0.2, -0.15) is 0 Å². The third-order valence-corrected chi connectivity index (χ3v) is 3.64. The molecule has 0 aromatic rings. The maximum atomic E-state index is 7.08. The molecule has 1 atom stereocenters. The van der Waals surface area contributed by atoms with Gasteiger partial charge in [-0.3, -0.25) is 0 Å². The molecule has 1 fully saturated rings. The van der Waals surface area contributed by atoms with Crippen molar-refractivity contribution in [3.8, 4) is 0 Å². The van der Waals surface area contributed by atoms with Gasteiger partial charge in [0.05, 0.1) is 0 Å². The van der Waals surface area contributed by atoms with E-state index in [9.17, 15) is 0 Å². The molecule has 2 heteroatoms. The Kier molecular flexibility index (Phi) is 5.16. The van der Waals surface area contributed by atoms with Crippen LogP contribution in [0.5, 0.6) is 0 Å². The van der Waals surface area contributed by atoms with Crippen LogP contribution >= 0.6 is 0 Å². The van der Waals surface area contributed by atoms with Crippen LogP contribution in [0.25, 0.3) is 0 Å². The van der Waals surface area contributed by atoms with Crippen molar-refractivity contribution < 1.29 is 0 Å². The normalized spacial score (nSPS) is 22.1. The van der Waals surface area contributed by atoms with Crippen LogP contribution in [-0.4, -0.2) is 31.3 Å². The molecular weight excluding hydrogens is 172 g/mol. The predicted octanol–water partition coefficient (Wildman–Crippen LogP) is 2.78. The van der Waals surface area contributed by atoms with E-state index in [-0.39, 0.29) is 0 Å². The average molecular weight is 196 g/mol. The van der Waals surface area contributed by atoms with Crippen LogP contribution in [0.3, 0.4) is 0 Å². The van der Waals surface area contributed by atoms with Crippen LogP contribution in [0, 0.1) is 17.2 Å². The van der Waals surface area contributed by atoms with E-state index in [1.165, 1.54) is 38.8 Å². The molecule has 2 nitrogen and oxygen atoms in total. The van der Waals surface area contributed by atoms with Crippen LogP contribution in [-0.2, 0) is 0 Å². The predicted molar refractivity (Wildman–Crippen MR) is 62.0 cm³/mol. The first-order valence-corrected chi connectivity index (χ1v) is 5.95. The van der Waals surface area contributed by atoms with Crippen molar-refractivity contribution in [1.29, 1.82) is 5.41 Å². The maximum Gasteiger partial charge on any atom is -0.00190 e. The Morgan fingerprint density at radius 3 is 2.57 bits per heavy atom. The standard InChI is InChI=1S/C12H24N2/c1-3-11(5-4-8-13)12-6-9-14(2)10-7-12/h8,11-13H,3-7,9-10H2,1-2H3. The molecule has 0 saturated carbocycles. The maximum absolute atomic E-state index is 7.08. The monoisotopic (exact) mass is 196 g/mol. The van der Waals surface area contributed by atoms with Crippen LogP contribution in [0.4, 0.5) is 0 Å². The molecule has 0 spiro atoms. The molecule has 0 bridgehead atoms. The molecule has 1 aliphatic heterocycles. The summed E-state index contributed by atoms with van der Waals surface area (Å²) in [5, 5.41) is 7.08. The van der Waals surface area contributed by atoms with Crippen molar-refractivity contribution in [2.75, 3.05) is 20.1 Å². The Morgan fingerprint density at radius 2 is 2.07 bits per heavy atom. The molecule has 1 rings (SSSR count). The van der Waals surface area contributed by atoms with Crippen LogP contribution in [0.15, 0.2) is 0 Å². The number of hydrogen-bond donors (Lipinski definition) is 1. The van der Waals surface area contributed by atoms with E-state index < -0.39 is 0 Å². The van der Waals surface area contributed by atoms with Crippen LogP contribution in [0.1, 0.15) is 39.0 Å². The van der Waals surface area contributed by atoms with E-state index in [1.54, 1.807) is 6.21 Å². The summed E-state index contributed by atoms with van der Waals surface area (Å²) >= 11 is 0. The van der Waals surface area contributed by atoms with E-state index in [4.69, 9.17) is 5.41 Å². The lowest BCUT2D eigenvalue weighted by atomic mass is 9.80. The molecule has 82 valence electrons. The van der Waals surface area contributed by atoms with Gasteiger partial charge in [-0.25, -0.2) is 0 Å². The third kappa shape index (κ3) is 3.41. The van der Waals surface area contributed by atoms with Crippen molar-refractivity contribution in [3.05, 3.63) is 0 Å². The van der Waals surface area contributed by atoms with E-state index in [0.717, 1.165) is 18.3 Å². The molecule has 0 radical (unpaired) electrons. The molecular formula is C12H24N2. The molecule has 1 heterocycles. The van der Waals surface area contributed by atoms with Gasteiger partial charge >= 0.3 is 0 Å². The fourth-order valence-corrected chi connectivity index (χ4v) is 2.57. The summed E-state index contributed by atoms with van der Waals surface area (Å²) in [6.07, 6.45) is 7.80. The van der Waals surface area contributed by atoms with Gasteiger partial charge in [0.15, 0.2) is 0 Å². The quantitative estimate of drug-likeness (QED) is 0.673. The van der Waals surface area contributed by atoms with Gasteiger partial charge in [0, 0.05) is 0 Å². The second kappa shape index (κ2) is 6.18. The Balaban J connectivity index is 2.32. The van der Waals surface area contributed by atoms with Crippen molar-refractivity contribution >= 4 is 6.21 Å². The molecule has 0 aromatic heterocycles. The summed E-state index contributed by atoms with van der Waals surface area (Å²) in [5.74, 6) is 1.79. The summed E-state index contributed by atoms with van der Waals surface area (Å²) in [4.78, 5) is 2.43. The highest BCUT2D eigenvalue weighted by Gasteiger charge is 2.23.